The molecule has 1 amide bonds. The molecule has 10 heteroatoms. The van der Waals surface area contributed by atoms with Gasteiger partial charge in [0.2, 0.25) is 5.71 Å². The lowest BCUT2D eigenvalue weighted by atomic mass is 10.2. The van der Waals surface area contributed by atoms with Crippen molar-refractivity contribution < 1.29 is 14.1 Å². The number of carbonyl (C=O) groups excluding carboxylic acids is 1. The molecule has 0 unspecified atom stereocenters. The number of rotatable bonds is 4. The van der Waals surface area contributed by atoms with E-state index in [0.717, 1.165) is 0 Å². The minimum Gasteiger partial charge on any atom is -0.444 e. The lowest BCUT2D eigenvalue weighted by molar-refractivity contribution is 0.0635. The van der Waals surface area contributed by atoms with Crippen molar-refractivity contribution >= 4 is 40.1 Å². The van der Waals surface area contributed by atoms with Crippen molar-refractivity contribution in [1.29, 1.82) is 10.7 Å². The van der Waals surface area contributed by atoms with Crippen LogP contribution in [0.15, 0.2) is 27.8 Å². The Kier molecular flexibility index (Phi) is 4.88. The molecule has 0 saturated carbocycles. The molecular formula is C15H17N7O3. The average molecular weight is 343 g/mol. The number of carbonyl (C=O) groups is 1. The van der Waals surface area contributed by atoms with Crippen LogP contribution in [0.25, 0.3) is 11.0 Å². The van der Waals surface area contributed by atoms with Gasteiger partial charge in [-0.3, -0.25) is 16.2 Å². The average Bonchev–Trinajstić information content (AvgIpc) is 2.88. The molecule has 0 fully saturated rings. The summed E-state index contributed by atoms with van der Waals surface area (Å²) in [6, 6.07) is 6.54. The van der Waals surface area contributed by atoms with Gasteiger partial charge in [-0.2, -0.15) is 10.4 Å². The number of ether oxygens (including phenoxy) is 1. The number of benzene rings is 1. The number of hydrazone groups is 1. The fraction of sp³-hybridized carbons (Fsp3) is 0.267. The zero-order valence-corrected chi connectivity index (χ0v) is 13.9. The summed E-state index contributed by atoms with van der Waals surface area (Å²) >= 11 is 0. The van der Waals surface area contributed by atoms with Crippen LogP contribution >= 0.6 is 0 Å². The molecule has 10 nitrogen and oxygen atoms in total. The van der Waals surface area contributed by atoms with Gasteiger partial charge in [-0.25, -0.2) is 4.79 Å². The van der Waals surface area contributed by atoms with E-state index in [1.165, 1.54) is 0 Å². The van der Waals surface area contributed by atoms with E-state index in [1.54, 1.807) is 45.0 Å². The van der Waals surface area contributed by atoms with E-state index in [0.29, 0.717) is 16.7 Å². The third kappa shape index (κ3) is 4.68. The fourth-order valence-corrected chi connectivity index (χ4v) is 1.76. The van der Waals surface area contributed by atoms with Gasteiger partial charge < -0.3 is 15.0 Å². The summed E-state index contributed by atoms with van der Waals surface area (Å²) in [7, 11) is 0. The van der Waals surface area contributed by atoms with Gasteiger partial charge in [0.05, 0.1) is 11.1 Å². The van der Waals surface area contributed by atoms with Crippen molar-refractivity contribution in [2.45, 2.75) is 26.4 Å². The Morgan fingerprint density at radius 3 is 2.80 bits per heavy atom. The maximum atomic E-state index is 11.9. The first-order valence-electron chi connectivity index (χ1n) is 7.17. The van der Waals surface area contributed by atoms with E-state index < -0.39 is 17.5 Å². The van der Waals surface area contributed by atoms with Gasteiger partial charge >= 0.3 is 6.09 Å². The number of amidine groups is 1. The van der Waals surface area contributed by atoms with Crippen LogP contribution in [0, 0.1) is 16.7 Å². The van der Waals surface area contributed by atoms with Gasteiger partial charge in [-0.15, -0.1) is 0 Å². The number of amides is 1. The Balaban J connectivity index is 2.23. The highest BCUT2D eigenvalue weighted by atomic mass is 16.6. The lowest BCUT2D eigenvalue weighted by Crippen LogP contribution is -2.27. The maximum Gasteiger partial charge on any atom is 0.413 e. The van der Waals surface area contributed by atoms with Gasteiger partial charge in [-0.05, 0) is 39.0 Å². The molecule has 2 aromatic rings. The Hall–Kier alpha value is -3.61. The second-order valence-electron chi connectivity index (χ2n) is 5.97. The summed E-state index contributed by atoms with van der Waals surface area (Å²) < 4.78 is 10.3. The smallest absolute Gasteiger partial charge is 0.413 e. The van der Waals surface area contributed by atoms with Crippen LogP contribution in [-0.4, -0.2) is 28.4 Å². The van der Waals surface area contributed by atoms with E-state index in [-0.39, 0.29) is 11.5 Å². The molecule has 1 aromatic carbocycles. The fourth-order valence-electron chi connectivity index (χ4n) is 1.76. The largest absolute Gasteiger partial charge is 0.444 e. The number of nitrogens with one attached hydrogen (secondary N) is 3. The Bertz CT molecular complexity index is 887. The van der Waals surface area contributed by atoms with Gasteiger partial charge in [0, 0.05) is 0 Å². The molecule has 0 atom stereocenters. The molecule has 0 spiro atoms. The molecule has 0 aliphatic rings. The Morgan fingerprint density at radius 1 is 1.48 bits per heavy atom. The first-order valence-corrected chi connectivity index (χ1v) is 7.17. The Morgan fingerprint density at radius 2 is 2.20 bits per heavy atom. The molecule has 0 saturated heterocycles. The highest BCUT2D eigenvalue weighted by molar-refractivity contribution is 6.45. The predicted octanol–water partition coefficient (Wildman–Crippen LogP) is 2.40. The van der Waals surface area contributed by atoms with E-state index in [9.17, 15) is 4.79 Å². The molecular weight excluding hydrogens is 326 g/mol. The quantitative estimate of drug-likeness (QED) is 0.376. The number of nitrogens with two attached hydrogens (primary N) is 1. The minimum atomic E-state index is -0.664. The van der Waals surface area contributed by atoms with E-state index >= 15 is 0 Å². The number of anilines is 2. The second kappa shape index (κ2) is 6.88. The highest BCUT2D eigenvalue weighted by Crippen LogP contribution is 2.26. The number of nitrogens with zero attached hydrogens (tertiary/aromatic N) is 3. The lowest BCUT2D eigenvalue weighted by Gasteiger charge is -2.19. The zero-order valence-electron chi connectivity index (χ0n) is 13.9. The molecule has 25 heavy (non-hydrogen) atoms. The molecule has 130 valence electrons. The van der Waals surface area contributed by atoms with Gasteiger partial charge in [0.25, 0.3) is 0 Å². The minimum absolute atomic E-state index is 0.184. The molecule has 2 rings (SSSR count). The van der Waals surface area contributed by atoms with Crippen molar-refractivity contribution in [3.8, 4) is 6.07 Å². The van der Waals surface area contributed by atoms with Crippen molar-refractivity contribution in [2.75, 3.05) is 10.7 Å². The summed E-state index contributed by atoms with van der Waals surface area (Å²) in [5, 5.41) is 26.6. The number of hydrogen-bond acceptors (Lipinski definition) is 8. The monoisotopic (exact) mass is 343 g/mol. The molecule has 1 aromatic heterocycles. The molecule has 1 heterocycles. The van der Waals surface area contributed by atoms with Gasteiger partial charge in [0.15, 0.2) is 17.2 Å². The summed E-state index contributed by atoms with van der Waals surface area (Å²) in [5.41, 5.74) is 7.85. The van der Waals surface area contributed by atoms with Crippen molar-refractivity contribution in [1.82, 2.24) is 5.16 Å². The van der Waals surface area contributed by atoms with Crippen molar-refractivity contribution in [3.63, 3.8) is 0 Å². The highest BCUT2D eigenvalue weighted by Gasteiger charge is 2.19. The van der Waals surface area contributed by atoms with Crippen molar-refractivity contribution in [3.05, 3.63) is 18.2 Å². The zero-order chi connectivity index (χ0) is 18.6. The van der Waals surface area contributed by atoms with Crippen LogP contribution in [0.4, 0.5) is 16.3 Å². The van der Waals surface area contributed by atoms with Crippen LogP contribution in [0.3, 0.4) is 0 Å². The molecule has 0 radical (unpaired) electrons. The standard InChI is InChI=1S/C15H17N7O3/c1-15(2,3)24-14(23)19-13-9-6-8(4-5-11(9)25-22-13)20-21-10(7-16)12(17)18/h4-6,20H,1-3H3,(H3,17,18)(H,19,22,23)/b21-10+. The normalized spacial score (nSPS) is 11.7. The van der Waals surface area contributed by atoms with Crippen molar-refractivity contribution in [2.24, 2.45) is 10.8 Å². The number of fused-ring (bicyclic) bond motifs is 1. The van der Waals surface area contributed by atoms with E-state index in [4.69, 9.17) is 25.7 Å². The van der Waals surface area contributed by atoms with Crippen LogP contribution in [-0.2, 0) is 4.74 Å². The summed E-state index contributed by atoms with van der Waals surface area (Å²) in [6.45, 7) is 5.24. The van der Waals surface area contributed by atoms with Crippen LogP contribution in [0.1, 0.15) is 20.8 Å². The number of hydrogen-bond donors (Lipinski definition) is 4. The number of aromatic nitrogens is 1. The summed E-state index contributed by atoms with van der Waals surface area (Å²) in [4.78, 5) is 11.9. The Labute approximate surface area is 143 Å². The first-order chi connectivity index (χ1) is 11.7. The third-order valence-corrected chi connectivity index (χ3v) is 2.75. The number of nitriles is 1. The SMILES string of the molecule is CC(C)(C)OC(=O)Nc1noc2ccc(N/N=C(\C#N)C(=N)N)cc12. The topological polar surface area (TPSA) is 162 Å². The van der Waals surface area contributed by atoms with Crippen LogP contribution in [0.2, 0.25) is 0 Å². The maximum absolute atomic E-state index is 11.9. The predicted molar refractivity (Wildman–Crippen MR) is 92.5 cm³/mol. The molecule has 0 aliphatic carbocycles. The molecule has 5 N–H and O–H groups in total. The van der Waals surface area contributed by atoms with Crippen LogP contribution in [0.5, 0.6) is 0 Å². The van der Waals surface area contributed by atoms with E-state index in [2.05, 4.69) is 21.0 Å². The van der Waals surface area contributed by atoms with Gasteiger partial charge in [0.1, 0.15) is 11.7 Å². The first kappa shape index (κ1) is 17.7. The van der Waals surface area contributed by atoms with E-state index in [1.807, 2.05) is 0 Å². The van der Waals surface area contributed by atoms with Gasteiger partial charge in [-0.1, -0.05) is 5.16 Å². The summed E-state index contributed by atoms with van der Waals surface area (Å²) in [5.74, 6) is -0.266. The molecule has 0 bridgehead atoms. The summed E-state index contributed by atoms with van der Waals surface area (Å²) in [6.07, 6.45) is -0.664. The molecule has 0 aliphatic heterocycles. The van der Waals surface area contributed by atoms with Crippen LogP contribution < -0.4 is 16.5 Å². The second-order valence-corrected chi connectivity index (χ2v) is 5.97. The third-order valence-electron chi connectivity index (χ3n) is 2.75.